The summed E-state index contributed by atoms with van der Waals surface area (Å²) < 4.78 is 22.7. The third-order valence-electron chi connectivity index (χ3n) is 1.97. The van der Waals surface area contributed by atoms with Crippen LogP contribution in [0.5, 0.6) is 0 Å². The lowest BCUT2D eigenvalue weighted by molar-refractivity contribution is -0.148. The summed E-state index contributed by atoms with van der Waals surface area (Å²) in [6.45, 7) is 6.39. The minimum Gasteiger partial charge on any atom is -0.479 e. The molecule has 0 aliphatic carbocycles. The summed E-state index contributed by atoms with van der Waals surface area (Å²) in [5.74, 6) is -2.63. The first kappa shape index (κ1) is 18.1. The molecule has 20 heavy (non-hydrogen) atoms. The topological polar surface area (TPSA) is 102 Å². The first-order valence-corrected chi connectivity index (χ1v) is 6.09. The number of amides is 1. The van der Waals surface area contributed by atoms with Gasteiger partial charge in [-0.25, -0.2) is 18.8 Å². The highest BCUT2D eigenvalue weighted by molar-refractivity contribution is 5.82. The highest BCUT2D eigenvalue weighted by Gasteiger charge is 2.30. The number of carboxylic acid groups (broad SMARTS) is 1. The minimum absolute atomic E-state index is 0.0232. The number of alkyl halides is 1. The molecule has 0 aliphatic rings. The van der Waals surface area contributed by atoms with Crippen LogP contribution in [0.1, 0.15) is 34.1 Å². The van der Waals surface area contributed by atoms with Crippen LogP contribution in [0.25, 0.3) is 0 Å². The molecule has 2 atom stereocenters. The molecule has 116 valence electrons. The zero-order valence-electron chi connectivity index (χ0n) is 11.9. The van der Waals surface area contributed by atoms with Crippen molar-refractivity contribution in [2.75, 3.05) is 6.61 Å². The van der Waals surface area contributed by atoms with E-state index in [1.54, 1.807) is 20.8 Å². The molecule has 0 heterocycles. The molecular formula is C12H20FNO6. The third kappa shape index (κ3) is 7.55. The van der Waals surface area contributed by atoms with E-state index in [0.717, 1.165) is 0 Å². The summed E-state index contributed by atoms with van der Waals surface area (Å²) in [6, 6.07) is -1.42. The van der Waals surface area contributed by atoms with Gasteiger partial charge in [0.1, 0.15) is 11.6 Å². The predicted molar refractivity (Wildman–Crippen MR) is 66.9 cm³/mol. The number of hydrogen-bond donors (Lipinski definition) is 2. The highest BCUT2D eigenvalue weighted by Crippen LogP contribution is 2.09. The van der Waals surface area contributed by atoms with Crippen molar-refractivity contribution < 1.29 is 33.4 Å². The molecule has 0 fully saturated rings. The van der Waals surface area contributed by atoms with Crippen molar-refractivity contribution in [1.82, 2.24) is 5.32 Å². The fourth-order valence-corrected chi connectivity index (χ4v) is 1.21. The van der Waals surface area contributed by atoms with Gasteiger partial charge < -0.3 is 19.9 Å². The Bertz CT molecular complexity index is 365. The number of alkyl carbamates (subject to hydrolysis) is 1. The molecule has 0 aromatic rings. The number of carbonyl (C=O) groups is 3. The van der Waals surface area contributed by atoms with E-state index < -0.39 is 42.3 Å². The second-order valence-corrected chi connectivity index (χ2v) is 4.99. The molecule has 0 aliphatic heterocycles. The van der Waals surface area contributed by atoms with Gasteiger partial charge in [0.15, 0.2) is 6.17 Å². The summed E-state index contributed by atoms with van der Waals surface area (Å²) in [4.78, 5) is 33.5. The molecule has 0 unspecified atom stereocenters. The highest BCUT2D eigenvalue weighted by atomic mass is 19.1. The summed E-state index contributed by atoms with van der Waals surface area (Å²) >= 11 is 0. The van der Waals surface area contributed by atoms with Crippen molar-refractivity contribution >= 4 is 18.0 Å². The number of carbonyl (C=O) groups excluding carboxylic acids is 2. The van der Waals surface area contributed by atoms with Crippen molar-refractivity contribution in [2.24, 2.45) is 0 Å². The number of carboxylic acids is 1. The van der Waals surface area contributed by atoms with Gasteiger partial charge in [0.05, 0.1) is 6.61 Å². The lowest BCUT2D eigenvalue weighted by atomic mass is 10.1. The van der Waals surface area contributed by atoms with Gasteiger partial charge in [-0.3, -0.25) is 0 Å². The Morgan fingerprint density at radius 1 is 1.30 bits per heavy atom. The smallest absolute Gasteiger partial charge is 0.408 e. The van der Waals surface area contributed by atoms with Gasteiger partial charge in [0.25, 0.3) is 0 Å². The van der Waals surface area contributed by atoms with E-state index in [1.807, 2.05) is 0 Å². The van der Waals surface area contributed by atoms with E-state index in [4.69, 9.17) is 9.84 Å². The average Bonchev–Trinajstić information content (AvgIpc) is 2.25. The normalized spacial score (nSPS) is 14.1. The van der Waals surface area contributed by atoms with Gasteiger partial charge in [0.2, 0.25) is 0 Å². The molecule has 0 saturated heterocycles. The summed E-state index contributed by atoms with van der Waals surface area (Å²) in [5, 5.41) is 10.6. The van der Waals surface area contributed by atoms with E-state index in [0.29, 0.717) is 0 Å². The zero-order chi connectivity index (χ0) is 15.9. The van der Waals surface area contributed by atoms with Crippen LogP contribution in [0.4, 0.5) is 9.18 Å². The Kier molecular flexibility index (Phi) is 6.95. The lowest BCUT2D eigenvalue weighted by Crippen LogP contribution is -2.46. The molecule has 8 heteroatoms. The van der Waals surface area contributed by atoms with Gasteiger partial charge in [-0.15, -0.1) is 0 Å². The molecule has 0 saturated carbocycles. The molecule has 0 radical (unpaired) electrons. The van der Waals surface area contributed by atoms with Crippen LogP contribution in [0.3, 0.4) is 0 Å². The van der Waals surface area contributed by atoms with Crippen LogP contribution in [-0.2, 0) is 19.1 Å². The molecular weight excluding hydrogens is 273 g/mol. The molecule has 0 spiro atoms. The zero-order valence-corrected chi connectivity index (χ0v) is 11.9. The van der Waals surface area contributed by atoms with Crippen molar-refractivity contribution in [1.29, 1.82) is 0 Å². The Morgan fingerprint density at radius 2 is 1.85 bits per heavy atom. The number of aliphatic carboxylic acids is 1. The van der Waals surface area contributed by atoms with Gasteiger partial charge in [-0.05, 0) is 27.7 Å². The van der Waals surface area contributed by atoms with Gasteiger partial charge in [-0.1, -0.05) is 0 Å². The molecule has 1 amide bonds. The quantitative estimate of drug-likeness (QED) is 0.715. The van der Waals surface area contributed by atoms with Gasteiger partial charge in [0, 0.05) is 6.42 Å². The van der Waals surface area contributed by atoms with Crippen molar-refractivity contribution in [2.45, 2.75) is 51.9 Å². The van der Waals surface area contributed by atoms with E-state index in [2.05, 4.69) is 10.1 Å². The fraction of sp³-hybridized carbons (Fsp3) is 0.750. The van der Waals surface area contributed by atoms with Crippen LogP contribution in [0.2, 0.25) is 0 Å². The summed E-state index contributed by atoms with van der Waals surface area (Å²) in [6.07, 6.45) is -3.97. The average molecular weight is 293 g/mol. The summed E-state index contributed by atoms with van der Waals surface area (Å²) in [5.41, 5.74) is -0.800. The standard InChI is InChI=1S/C12H20FNO6/c1-5-19-10(17)8(6-7(13)9(15)16)14-11(18)20-12(2,3)4/h7-8H,5-6H2,1-4H3,(H,14,18)(H,15,16)/t7-,8-/m0/s1. The number of halogens is 1. The number of nitrogens with one attached hydrogen (secondary N) is 1. The first-order valence-electron chi connectivity index (χ1n) is 6.09. The minimum atomic E-state index is -2.29. The fourth-order valence-electron chi connectivity index (χ4n) is 1.21. The molecule has 0 aromatic heterocycles. The van der Waals surface area contributed by atoms with Crippen LogP contribution in [0.15, 0.2) is 0 Å². The molecule has 2 N–H and O–H groups in total. The number of ether oxygens (including phenoxy) is 2. The maximum absolute atomic E-state index is 13.2. The van der Waals surface area contributed by atoms with E-state index in [-0.39, 0.29) is 6.61 Å². The largest absolute Gasteiger partial charge is 0.479 e. The molecule has 0 aromatic carbocycles. The van der Waals surface area contributed by atoms with Crippen LogP contribution in [-0.4, -0.2) is 47.6 Å². The number of rotatable bonds is 6. The van der Waals surface area contributed by atoms with E-state index in [1.165, 1.54) is 6.92 Å². The lowest BCUT2D eigenvalue weighted by Gasteiger charge is -2.23. The van der Waals surface area contributed by atoms with E-state index >= 15 is 0 Å². The first-order chi connectivity index (χ1) is 9.06. The Morgan fingerprint density at radius 3 is 2.25 bits per heavy atom. The van der Waals surface area contributed by atoms with Crippen molar-refractivity contribution in [3.05, 3.63) is 0 Å². The second-order valence-electron chi connectivity index (χ2n) is 4.99. The molecule has 0 bridgehead atoms. The van der Waals surface area contributed by atoms with Crippen LogP contribution < -0.4 is 5.32 Å². The Hall–Kier alpha value is -1.86. The predicted octanol–water partition coefficient (Wildman–Crippen LogP) is 1.26. The van der Waals surface area contributed by atoms with Crippen LogP contribution in [0, 0.1) is 0 Å². The third-order valence-corrected chi connectivity index (χ3v) is 1.97. The number of hydrogen-bond acceptors (Lipinski definition) is 5. The molecule has 0 rings (SSSR count). The second kappa shape index (κ2) is 7.66. The van der Waals surface area contributed by atoms with Crippen molar-refractivity contribution in [3.8, 4) is 0 Å². The molecule has 7 nitrogen and oxygen atoms in total. The number of esters is 1. The van der Waals surface area contributed by atoms with Crippen LogP contribution >= 0.6 is 0 Å². The maximum Gasteiger partial charge on any atom is 0.408 e. The van der Waals surface area contributed by atoms with Crippen molar-refractivity contribution in [3.63, 3.8) is 0 Å². The summed E-state index contributed by atoms with van der Waals surface area (Å²) in [7, 11) is 0. The SMILES string of the molecule is CCOC(=O)[C@H](C[C@H](F)C(=O)O)NC(=O)OC(C)(C)C. The Balaban J connectivity index is 4.73. The van der Waals surface area contributed by atoms with Gasteiger partial charge >= 0.3 is 18.0 Å². The van der Waals surface area contributed by atoms with Gasteiger partial charge in [-0.2, -0.15) is 0 Å². The Labute approximate surface area is 116 Å². The maximum atomic E-state index is 13.2. The van der Waals surface area contributed by atoms with E-state index in [9.17, 15) is 18.8 Å². The monoisotopic (exact) mass is 293 g/mol.